The predicted octanol–water partition coefficient (Wildman–Crippen LogP) is 3.04. The molecule has 1 heterocycles. The highest BCUT2D eigenvalue weighted by Crippen LogP contribution is 2.33. The van der Waals surface area contributed by atoms with Gasteiger partial charge in [0.2, 0.25) is 0 Å². The molecule has 4 nitrogen and oxygen atoms in total. The summed E-state index contributed by atoms with van der Waals surface area (Å²) in [6.45, 7) is -0.0719. The van der Waals surface area contributed by atoms with E-state index in [2.05, 4.69) is 10.3 Å². The van der Waals surface area contributed by atoms with E-state index in [9.17, 15) is 22.8 Å². The number of aromatic nitrogens is 1. The van der Waals surface area contributed by atoms with E-state index in [0.29, 0.717) is 11.8 Å². The van der Waals surface area contributed by atoms with Gasteiger partial charge in [0.05, 0.1) is 17.7 Å². The summed E-state index contributed by atoms with van der Waals surface area (Å²) in [6.07, 6.45) is -4.69. The monoisotopic (exact) mass is 336 g/mol. The number of carbonyl (C=O) groups excluding carboxylic acids is 1. The molecule has 2 aromatic rings. The molecule has 0 spiro atoms. The second-order valence-electron chi connectivity index (χ2n) is 4.04. The number of hydrogen-bond donors (Lipinski definition) is 2. The van der Waals surface area contributed by atoms with Crippen molar-refractivity contribution < 1.29 is 18.0 Å². The van der Waals surface area contributed by atoms with Crippen LogP contribution in [0.1, 0.15) is 21.6 Å². The maximum atomic E-state index is 12.9. The molecule has 0 fully saturated rings. The maximum Gasteiger partial charge on any atom is 0.417 e. The van der Waals surface area contributed by atoms with Crippen LogP contribution in [0.2, 0.25) is 5.02 Å². The molecule has 2 N–H and O–H groups in total. The molecular formula is C12H8ClF3N2O2S. The van der Waals surface area contributed by atoms with Crippen LogP contribution in [-0.2, 0) is 12.7 Å². The minimum Gasteiger partial charge on any atom is -0.346 e. The lowest BCUT2D eigenvalue weighted by Gasteiger charge is -2.13. The third-order valence-corrected chi connectivity index (χ3v) is 3.50. The summed E-state index contributed by atoms with van der Waals surface area (Å²) < 4.78 is 38.6. The number of benzene rings is 1. The molecule has 1 aromatic heterocycles. The average molecular weight is 337 g/mol. The number of thiazole rings is 1. The Hall–Kier alpha value is -1.80. The second-order valence-corrected chi connectivity index (χ2v) is 5.32. The van der Waals surface area contributed by atoms with Crippen molar-refractivity contribution in [2.24, 2.45) is 0 Å². The van der Waals surface area contributed by atoms with Gasteiger partial charge in [0, 0.05) is 16.1 Å². The molecule has 0 aliphatic heterocycles. The van der Waals surface area contributed by atoms with Crippen LogP contribution in [0.25, 0.3) is 0 Å². The van der Waals surface area contributed by atoms with E-state index in [1.165, 1.54) is 11.4 Å². The van der Waals surface area contributed by atoms with E-state index in [0.717, 1.165) is 17.4 Å². The molecule has 0 aliphatic rings. The van der Waals surface area contributed by atoms with Crippen molar-refractivity contribution in [2.45, 2.75) is 12.7 Å². The van der Waals surface area contributed by atoms with Crippen LogP contribution < -0.4 is 10.2 Å². The third kappa shape index (κ3) is 3.85. The van der Waals surface area contributed by atoms with Crippen LogP contribution in [0.4, 0.5) is 13.2 Å². The number of halogens is 4. The highest BCUT2D eigenvalue weighted by Gasteiger charge is 2.35. The van der Waals surface area contributed by atoms with Crippen LogP contribution in [0.3, 0.4) is 0 Å². The lowest BCUT2D eigenvalue weighted by Crippen LogP contribution is -2.26. The van der Waals surface area contributed by atoms with Gasteiger partial charge < -0.3 is 10.3 Å². The fraction of sp³-hybridized carbons (Fsp3) is 0.167. The van der Waals surface area contributed by atoms with Gasteiger partial charge in [0.15, 0.2) is 0 Å². The van der Waals surface area contributed by atoms with Gasteiger partial charge in [-0.3, -0.25) is 9.59 Å². The number of carbonyl (C=O) groups is 1. The molecule has 1 aromatic carbocycles. The number of amides is 1. The van der Waals surface area contributed by atoms with Gasteiger partial charge in [-0.15, -0.1) is 0 Å². The quantitative estimate of drug-likeness (QED) is 0.905. The Bertz CT molecular complexity index is 724. The fourth-order valence-electron chi connectivity index (χ4n) is 1.62. The molecule has 2 rings (SSSR count). The minimum atomic E-state index is -4.69. The van der Waals surface area contributed by atoms with E-state index >= 15 is 0 Å². The van der Waals surface area contributed by atoms with Gasteiger partial charge in [-0.2, -0.15) is 13.2 Å². The summed E-state index contributed by atoms with van der Waals surface area (Å²) in [5.74, 6) is -0.897. The average Bonchev–Trinajstić information content (AvgIpc) is 2.81. The van der Waals surface area contributed by atoms with Gasteiger partial charge in [-0.05, 0) is 18.2 Å². The number of nitrogens with one attached hydrogen (secondary N) is 2. The number of aromatic amines is 1. The molecule has 0 aliphatic carbocycles. The lowest BCUT2D eigenvalue weighted by atomic mass is 10.1. The zero-order chi connectivity index (χ0) is 15.6. The smallest absolute Gasteiger partial charge is 0.346 e. The predicted molar refractivity (Wildman–Crippen MR) is 72.6 cm³/mol. The highest BCUT2D eigenvalue weighted by atomic mass is 35.5. The first-order chi connectivity index (χ1) is 9.77. The number of hydrogen-bond acceptors (Lipinski definition) is 3. The topological polar surface area (TPSA) is 62.0 Å². The van der Waals surface area contributed by atoms with E-state index in [1.807, 2.05) is 0 Å². The summed E-state index contributed by atoms with van der Waals surface area (Å²) in [5, 5.41) is 3.69. The molecular weight excluding hydrogens is 329 g/mol. The van der Waals surface area contributed by atoms with E-state index < -0.39 is 23.2 Å². The standard InChI is InChI=1S/C12H8ClF3N2O2S/c13-6-1-2-8(9(3-6)12(14,15)16)10(19)17-4-7-5-21-11(20)18-7/h1-3,5H,4H2,(H,17,19)(H,18,20). The van der Waals surface area contributed by atoms with Gasteiger partial charge in [0.1, 0.15) is 0 Å². The molecule has 1 amide bonds. The van der Waals surface area contributed by atoms with Crippen molar-refractivity contribution in [3.05, 3.63) is 55.1 Å². The molecule has 112 valence electrons. The summed E-state index contributed by atoms with van der Waals surface area (Å²) in [6, 6.07) is 2.91. The SMILES string of the molecule is O=C(NCc1csc(=O)[nH]1)c1ccc(Cl)cc1C(F)(F)F. The maximum absolute atomic E-state index is 12.9. The molecule has 21 heavy (non-hydrogen) atoms. The largest absolute Gasteiger partial charge is 0.417 e. The normalized spacial score (nSPS) is 11.4. The number of H-pyrrole nitrogens is 1. The second kappa shape index (κ2) is 5.90. The summed E-state index contributed by atoms with van der Waals surface area (Å²) in [5.41, 5.74) is -1.21. The zero-order valence-electron chi connectivity index (χ0n) is 10.3. The molecule has 0 bridgehead atoms. The van der Waals surface area contributed by atoms with Gasteiger partial charge in [-0.1, -0.05) is 22.9 Å². The molecule has 0 radical (unpaired) electrons. The Balaban J connectivity index is 2.21. The number of rotatable bonds is 3. The van der Waals surface area contributed by atoms with Gasteiger partial charge >= 0.3 is 11.0 Å². The highest BCUT2D eigenvalue weighted by molar-refractivity contribution is 7.07. The number of alkyl halides is 3. The summed E-state index contributed by atoms with van der Waals surface area (Å²) >= 11 is 6.43. The van der Waals surface area contributed by atoms with Crippen molar-refractivity contribution in [3.8, 4) is 0 Å². The van der Waals surface area contributed by atoms with Crippen LogP contribution in [0.5, 0.6) is 0 Å². The fourth-order valence-corrected chi connectivity index (χ4v) is 2.37. The first-order valence-electron chi connectivity index (χ1n) is 5.59. The van der Waals surface area contributed by atoms with Gasteiger partial charge in [0.25, 0.3) is 5.91 Å². The molecule has 9 heteroatoms. The zero-order valence-corrected chi connectivity index (χ0v) is 11.8. The van der Waals surface area contributed by atoms with Crippen LogP contribution in [0, 0.1) is 0 Å². The van der Waals surface area contributed by atoms with Crippen molar-refractivity contribution >= 4 is 28.8 Å². The van der Waals surface area contributed by atoms with Gasteiger partial charge in [-0.25, -0.2) is 0 Å². The Morgan fingerprint density at radius 3 is 2.67 bits per heavy atom. The van der Waals surface area contributed by atoms with Crippen molar-refractivity contribution in [1.82, 2.24) is 10.3 Å². The van der Waals surface area contributed by atoms with Crippen molar-refractivity contribution in [3.63, 3.8) is 0 Å². The van der Waals surface area contributed by atoms with E-state index in [1.54, 1.807) is 0 Å². The Labute approximate surface area is 125 Å². The summed E-state index contributed by atoms with van der Waals surface area (Å²) in [7, 11) is 0. The third-order valence-electron chi connectivity index (χ3n) is 2.54. The Morgan fingerprint density at radius 2 is 2.10 bits per heavy atom. The lowest BCUT2D eigenvalue weighted by molar-refractivity contribution is -0.137. The van der Waals surface area contributed by atoms with Crippen molar-refractivity contribution in [1.29, 1.82) is 0 Å². The first-order valence-corrected chi connectivity index (χ1v) is 6.85. The van der Waals surface area contributed by atoms with E-state index in [-0.39, 0.29) is 16.4 Å². The molecule has 0 saturated carbocycles. The first kappa shape index (κ1) is 15.6. The molecule has 0 atom stereocenters. The minimum absolute atomic E-state index is 0.0719. The molecule has 0 unspecified atom stereocenters. The van der Waals surface area contributed by atoms with Crippen molar-refractivity contribution in [2.75, 3.05) is 0 Å². The van der Waals surface area contributed by atoms with E-state index in [4.69, 9.17) is 11.6 Å². The Morgan fingerprint density at radius 1 is 1.38 bits per heavy atom. The molecule has 0 saturated heterocycles. The summed E-state index contributed by atoms with van der Waals surface area (Å²) in [4.78, 5) is 24.9. The Kier molecular flexibility index (Phi) is 4.38. The van der Waals surface area contributed by atoms with Crippen LogP contribution in [-0.4, -0.2) is 10.9 Å². The van der Waals surface area contributed by atoms with Crippen LogP contribution in [0.15, 0.2) is 28.4 Å². The van der Waals surface area contributed by atoms with Crippen LogP contribution >= 0.6 is 22.9 Å².